The summed E-state index contributed by atoms with van der Waals surface area (Å²) >= 11 is 2.00. The molecule has 0 aliphatic carbocycles. The van der Waals surface area contributed by atoms with Crippen LogP contribution in [0.5, 0.6) is 0 Å². The minimum Gasteiger partial charge on any atom is -0.343 e. The van der Waals surface area contributed by atoms with Gasteiger partial charge in [-0.2, -0.15) is 0 Å². The average molecular weight is 252 g/mol. The van der Waals surface area contributed by atoms with E-state index < -0.39 is 6.29 Å². The summed E-state index contributed by atoms with van der Waals surface area (Å²) in [6.45, 7) is 0.517. The van der Waals surface area contributed by atoms with Crippen LogP contribution in [0.3, 0.4) is 0 Å². The Morgan fingerprint density at radius 3 is 3.30 bits per heavy atom. The lowest BCUT2D eigenvalue weighted by atomic mass is 10.2. The van der Waals surface area contributed by atoms with Crippen molar-refractivity contribution in [2.45, 2.75) is 12.4 Å². The molecule has 1 fully saturated rings. The molecule has 1 saturated heterocycles. The molecule has 2 bridgehead atoms. The molecular formula is C6H5IO3. The highest BCUT2D eigenvalue weighted by atomic mass is 127. The molecule has 0 aromatic carbocycles. The van der Waals surface area contributed by atoms with Gasteiger partial charge in [-0.1, -0.05) is 0 Å². The van der Waals surface area contributed by atoms with E-state index in [2.05, 4.69) is 0 Å². The number of halogens is 1. The number of carbonyl (C=O) groups is 1. The second-order valence-corrected chi connectivity index (χ2v) is 3.38. The van der Waals surface area contributed by atoms with Crippen LogP contribution in [0.4, 0.5) is 0 Å². The molecule has 2 rings (SSSR count). The molecule has 10 heavy (non-hydrogen) atoms. The SMILES string of the molecule is O=C1C(I)=C[C@@H]2CO[C@@H]1O2. The molecule has 2 aliphatic heterocycles. The van der Waals surface area contributed by atoms with E-state index in [0.29, 0.717) is 6.61 Å². The molecule has 0 unspecified atom stereocenters. The fourth-order valence-corrected chi connectivity index (χ4v) is 1.66. The fraction of sp³-hybridized carbons (Fsp3) is 0.500. The van der Waals surface area contributed by atoms with Crippen molar-refractivity contribution >= 4 is 28.4 Å². The maximum absolute atomic E-state index is 11.1. The highest BCUT2D eigenvalue weighted by Crippen LogP contribution is 2.26. The highest BCUT2D eigenvalue weighted by molar-refractivity contribution is 14.1. The zero-order valence-electron chi connectivity index (χ0n) is 5.04. The molecule has 3 nitrogen and oxygen atoms in total. The molecular weight excluding hydrogens is 247 g/mol. The van der Waals surface area contributed by atoms with Crippen molar-refractivity contribution in [3.8, 4) is 0 Å². The van der Waals surface area contributed by atoms with Crippen LogP contribution in [0.2, 0.25) is 0 Å². The molecule has 0 aromatic rings. The molecule has 54 valence electrons. The van der Waals surface area contributed by atoms with Gasteiger partial charge in [-0.3, -0.25) is 4.79 Å². The molecule has 0 radical (unpaired) electrons. The van der Waals surface area contributed by atoms with Crippen LogP contribution in [0.1, 0.15) is 0 Å². The Kier molecular flexibility index (Phi) is 1.54. The van der Waals surface area contributed by atoms with Crippen LogP contribution in [0.25, 0.3) is 0 Å². The Bertz CT molecular complexity index is 211. The Morgan fingerprint density at radius 1 is 1.70 bits per heavy atom. The number of fused-ring (bicyclic) bond motifs is 2. The third-order valence-electron chi connectivity index (χ3n) is 1.49. The summed E-state index contributed by atoms with van der Waals surface area (Å²) in [5.41, 5.74) is 0. The van der Waals surface area contributed by atoms with Gasteiger partial charge in [0.2, 0.25) is 12.1 Å². The predicted molar refractivity (Wildman–Crippen MR) is 41.7 cm³/mol. The quantitative estimate of drug-likeness (QED) is 0.593. The van der Waals surface area contributed by atoms with E-state index in [-0.39, 0.29) is 11.9 Å². The van der Waals surface area contributed by atoms with Crippen molar-refractivity contribution < 1.29 is 14.3 Å². The number of hydrogen-bond donors (Lipinski definition) is 0. The summed E-state index contributed by atoms with van der Waals surface area (Å²) in [6, 6.07) is 0. The first-order chi connectivity index (χ1) is 4.77. The minimum absolute atomic E-state index is 0.00889. The van der Waals surface area contributed by atoms with Crippen molar-refractivity contribution in [2.75, 3.05) is 6.61 Å². The van der Waals surface area contributed by atoms with E-state index >= 15 is 0 Å². The monoisotopic (exact) mass is 252 g/mol. The summed E-state index contributed by atoms with van der Waals surface area (Å²) in [5, 5.41) is 0. The highest BCUT2D eigenvalue weighted by Gasteiger charge is 2.36. The molecule has 0 saturated carbocycles. The normalized spacial score (nSPS) is 38.1. The lowest BCUT2D eigenvalue weighted by molar-refractivity contribution is -0.141. The van der Waals surface area contributed by atoms with Gasteiger partial charge in [-0.15, -0.1) is 0 Å². The van der Waals surface area contributed by atoms with Gasteiger partial charge in [0.1, 0.15) is 6.10 Å². The number of hydrogen-bond acceptors (Lipinski definition) is 3. The molecule has 2 heterocycles. The van der Waals surface area contributed by atoms with E-state index in [1.807, 2.05) is 22.6 Å². The van der Waals surface area contributed by atoms with Crippen LogP contribution < -0.4 is 0 Å². The van der Waals surface area contributed by atoms with Gasteiger partial charge < -0.3 is 9.47 Å². The van der Waals surface area contributed by atoms with Crippen molar-refractivity contribution in [3.05, 3.63) is 9.66 Å². The summed E-state index contributed by atoms with van der Waals surface area (Å²) in [4.78, 5) is 11.1. The lowest BCUT2D eigenvalue weighted by Crippen LogP contribution is -2.26. The van der Waals surface area contributed by atoms with E-state index in [1.165, 1.54) is 0 Å². The fourth-order valence-electron chi connectivity index (χ4n) is 1.00. The summed E-state index contributed by atoms with van der Waals surface area (Å²) in [5.74, 6) is -0.0469. The summed E-state index contributed by atoms with van der Waals surface area (Å²) < 4.78 is 10.9. The van der Waals surface area contributed by atoms with E-state index in [1.54, 1.807) is 6.08 Å². The van der Waals surface area contributed by atoms with Gasteiger partial charge in [0.05, 0.1) is 10.2 Å². The molecule has 0 aromatic heterocycles. The standard InChI is InChI=1S/C6H5IO3/c7-4-1-3-2-9-6(10-3)5(4)8/h1,3,6H,2H2/t3-,6-/m1/s1. The van der Waals surface area contributed by atoms with E-state index in [0.717, 1.165) is 3.58 Å². The Balaban J connectivity index is 2.33. The van der Waals surface area contributed by atoms with Crippen LogP contribution in [-0.2, 0) is 14.3 Å². The first-order valence-corrected chi connectivity index (χ1v) is 4.04. The third-order valence-corrected chi connectivity index (χ3v) is 2.38. The number of carbonyl (C=O) groups excluding carboxylic acids is 1. The van der Waals surface area contributed by atoms with Crippen LogP contribution in [0.15, 0.2) is 9.66 Å². The van der Waals surface area contributed by atoms with Crippen molar-refractivity contribution in [1.29, 1.82) is 0 Å². The third kappa shape index (κ3) is 0.906. The molecule has 0 amide bonds. The number of Topliss-reactive ketones (excluding diaryl/α,β-unsaturated/α-hetero) is 1. The largest absolute Gasteiger partial charge is 0.343 e. The van der Waals surface area contributed by atoms with Gasteiger partial charge in [0.15, 0.2) is 0 Å². The Labute approximate surface area is 71.5 Å². The van der Waals surface area contributed by atoms with Gasteiger partial charge in [0.25, 0.3) is 0 Å². The van der Waals surface area contributed by atoms with E-state index in [4.69, 9.17) is 9.47 Å². The smallest absolute Gasteiger partial charge is 0.224 e. The van der Waals surface area contributed by atoms with Gasteiger partial charge in [0, 0.05) is 0 Å². The maximum Gasteiger partial charge on any atom is 0.224 e. The number of ketones is 1. The zero-order chi connectivity index (χ0) is 7.14. The molecule has 2 aliphatic rings. The lowest BCUT2D eigenvalue weighted by Gasteiger charge is -2.12. The minimum atomic E-state index is -0.609. The zero-order valence-corrected chi connectivity index (χ0v) is 7.20. The predicted octanol–water partition coefficient (Wildman–Crippen LogP) is 0.629. The number of rotatable bonds is 0. The first kappa shape index (κ1) is 6.75. The maximum atomic E-state index is 11.1. The van der Waals surface area contributed by atoms with Crippen LogP contribution >= 0.6 is 22.6 Å². The van der Waals surface area contributed by atoms with Crippen molar-refractivity contribution in [1.82, 2.24) is 0 Å². The molecule has 2 atom stereocenters. The van der Waals surface area contributed by atoms with Crippen molar-refractivity contribution in [3.63, 3.8) is 0 Å². The molecule has 0 spiro atoms. The Hall–Kier alpha value is 0.0600. The molecule has 4 heteroatoms. The summed E-state index contributed by atoms with van der Waals surface area (Å²) in [7, 11) is 0. The second kappa shape index (κ2) is 2.28. The van der Waals surface area contributed by atoms with Crippen LogP contribution in [-0.4, -0.2) is 24.8 Å². The van der Waals surface area contributed by atoms with Gasteiger partial charge in [-0.25, -0.2) is 0 Å². The topological polar surface area (TPSA) is 35.5 Å². The van der Waals surface area contributed by atoms with Gasteiger partial charge >= 0.3 is 0 Å². The first-order valence-electron chi connectivity index (χ1n) is 2.96. The van der Waals surface area contributed by atoms with Crippen LogP contribution in [0, 0.1) is 0 Å². The average Bonchev–Trinajstić information content (AvgIpc) is 2.29. The second-order valence-electron chi connectivity index (χ2n) is 2.22. The Morgan fingerprint density at radius 2 is 2.50 bits per heavy atom. The number of ether oxygens (including phenoxy) is 2. The summed E-state index contributed by atoms with van der Waals surface area (Å²) in [6.07, 6.45) is 1.20. The van der Waals surface area contributed by atoms with Crippen molar-refractivity contribution in [2.24, 2.45) is 0 Å². The van der Waals surface area contributed by atoms with Gasteiger partial charge in [-0.05, 0) is 28.7 Å². The van der Waals surface area contributed by atoms with E-state index in [9.17, 15) is 4.79 Å². The molecule has 0 N–H and O–H groups in total.